The highest BCUT2D eigenvalue weighted by molar-refractivity contribution is 5.66. The predicted molar refractivity (Wildman–Crippen MR) is 72.2 cm³/mol. The summed E-state index contributed by atoms with van der Waals surface area (Å²) in [6.45, 7) is -0.223. The lowest BCUT2D eigenvalue weighted by Gasteiger charge is -2.21. The van der Waals surface area contributed by atoms with Gasteiger partial charge in [-0.15, -0.1) is 0 Å². The van der Waals surface area contributed by atoms with Gasteiger partial charge in [-0.3, -0.25) is 9.59 Å². The molecule has 0 aliphatic carbocycles. The molecule has 0 saturated carbocycles. The zero-order valence-corrected chi connectivity index (χ0v) is 12.1. The molecule has 0 radical (unpaired) electrons. The topological polar surface area (TPSA) is 114 Å². The van der Waals surface area contributed by atoms with Gasteiger partial charge in [0.1, 0.15) is 5.56 Å². The summed E-state index contributed by atoms with van der Waals surface area (Å²) in [5.74, 6) is -1.06. The number of ether oxygens (including phenoxy) is 2. The summed E-state index contributed by atoms with van der Waals surface area (Å²) in [4.78, 5) is 21.7. The zero-order valence-electron chi connectivity index (χ0n) is 12.1. The number of alkyl halides is 3. The van der Waals surface area contributed by atoms with Crippen LogP contribution in [-0.4, -0.2) is 54.2 Å². The molecule has 1 aromatic rings. The number of nitrogens with one attached hydrogen (secondary N) is 2. The van der Waals surface area contributed by atoms with Gasteiger partial charge in [-0.1, -0.05) is 0 Å². The number of carboxylic acids is 1. The molecule has 3 N–H and O–H groups in total. The summed E-state index contributed by atoms with van der Waals surface area (Å²) in [5.41, 5.74) is -3.28. The van der Waals surface area contributed by atoms with Gasteiger partial charge in [-0.2, -0.15) is 18.3 Å². The van der Waals surface area contributed by atoms with E-state index in [1.165, 1.54) is 7.11 Å². The molecule has 0 spiro atoms. The van der Waals surface area contributed by atoms with Crippen molar-refractivity contribution >= 4 is 11.7 Å². The summed E-state index contributed by atoms with van der Waals surface area (Å²) in [5, 5.41) is 16.0. The Morgan fingerprint density at radius 1 is 1.48 bits per heavy atom. The average molecular weight is 339 g/mol. The van der Waals surface area contributed by atoms with Gasteiger partial charge in [-0.05, 0) is 0 Å². The van der Waals surface area contributed by atoms with E-state index in [1.54, 1.807) is 5.10 Å². The monoisotopic (exact) mass is 339 g/mol. The van der Waals surface area contributed by atoms with Crippen molar-refractivity contribution in [1.29, 1.82) is 0 Å². The van der Waals surface area contributed by atoms with Gasteiger partial charge < -0.3 is 19.9 Å². The highest BCUT2D eigenvalue weighted by Gasteiger charge is 2.37. The van der Waals surface area contributed by atoms with Crippen LogP contribution < -0.4 is 10.9 Å². The second-order valence-corrected chi connectivity index (χ2v) is 4.50. The zero-order chi connectivity index (χ0) is 17.5. The van der Waals surface area contributed by atoms with E-state index >= 15 is 0 Å². The van der Waals surface area contributed by atoms with Crippen LogP contribution in [0.1, 0.15) is 12.0 Å². The van der Waals surface area contributed by atoms with Crippen molar-refractivity contribution in [2.45, 2.75) is 18.6 Å². The molecule has 0 amide bonds. The Balaban J connectivity index is 2.82. The number of methoxy groups -OCH3 is 1. The first-order chi connectivity index (χ1) is 10.8. The number of hydrogen-bond donors (Lipinski definition) is 3. The van der Waals surface area contributed by atoms with Crippen molar-refractivity contribution in [3.05, 3.63) is 22.1 Å². The molecule has 0 fully saturated rings. The molecule has 11 heteroatoms. The minimum absolute atomic E-state index is 0.0167. The van der Waals surface area contributed by atoms with E-state index in [0.29, 0.717) is 0 Å². The van der Waals surface area contributed by atoms with E-state index < -0.39 is 35.0 Å². The molecule has 0 unspecified atom stereocenters. The minimum Gasteiger partial charge on any atom is -0.481 e. The van der Waals surface area contributed by atoms with Gasteiger partial charge in [0.05, 0.1) is 44.2 Å². The van der Waals surface area contributed by atoms with Crippen LogP contribution in [0.4, 0.5) is 18.9 Å². The smallest absolute Gasteiger partial charge is 0.423 e. The maximum Gasteiger partial charge on any atom is 0.423 e. The van der Waals surface area contributed by atoms with Crippen LogP contribution in [0.3, 0.4) is 0 Å². The molecule has 23 heavy (non-hydrogen) atoms. The van der Waals surface area contributed by atoms with Crippen LogP contribution >= 0.6 is 0 Å². The molecule has 130 valence electrons. The summed E-state index contributed by atoms with van der Waals surface area (Å²) < 4.78 is 48.7. The fourth-order valence-electron chi connectivity index (χ4n) is 1.73. The minimum atomic E-state index is -4.86. The third-order valence-corrected chi connectivity index (χ3v) is 2.65. The van der Waals surface area contributed by atoms with Crippen LogP contribution in [0.2, 0.25) is 0 Å². The van der Waals surface area contributed by atoms with Gasteiger partial charge in [0.2, 0.25) is 0 Å². The quantitative estimate of drug-likeness (QED) is 0.568. The predicted octanol–water partition coefficient (Wildman–Crippen LogP) is 0.707. The number of carboxylic acid groups (broad SMARTS) is 1. The highest BCUT2D eigenvalue weighted by Crippen LogP contribution is 2.31. The van der Waals surface area contributed by atoms with Crippen molar-refractivity contribution < 1.29 is 32.5 Å². The van der Waals surface area contributed by atoms with Crippen molar-refractivity contribution in [3.63, 3.8) is 0 Å². The van der Waals surface area contributed by atoms with Gasteiger partial charge in [0, 0.05) is 7.11 Å². The number of rotatable bonds is 9. The summed E-state index contributed by atoms with van der Waals surface area (Å²) in [6, 6.07) is -0.724. The molecule has 0 aromatic carbocycles. The molecular formula is C12H16F3N3O5. The van der Waals surface area contributed by atoms with E-state index in [9.17, 15) is 22.8 Å². The molecule has 0 aliphatic heterocycles. The van der Waals surface area contributed by atoms with Crippen LogP contribution in [0, 0.1) is 0 Å². The number of anilines is 1. The van der Waals surface area contributed by atoms with E-state index in [1.807, 2.05) is 0 Å². The summed E-state index contributed by atoms with van der Waals surface area (Å²) >= 11 is 0. The van der Waals surface area contributed by atoms with E-state index in [2.05, 4.69) is 10.4 Å². The number of aliphatic carboxylic acids is 1. The fourth-order valence-corrected chi connectivity index (χ4v) is 1.73. The first-order valence-electron chi connectivity index (χ1n) is 6.45. The second kappa shape index (κ2) is 8.48. The number of halogens is 3. The number of aromatic amines is 1. The van der Waals surface area contributed by atoms with E-state index in [4.69, 9.17) is 14.6 Å². The van der Waals surface area contributed by atoms with Gasteiger partial charge in [0.25, 0.3) is 5.56 Å². The number of aromatic nitrogens is 2. The number of carbonyl (C=O) groups is 1. The Labute approximate surface area is 128 Å². The Morgan fingerprint density at radius 2 is 2.17 bits per heavy atom. The lowest BCUT2D eigenvalue weighted by atomic mass is 10.2. The van der Waals surface area contributed by atoms with Crippen LogP contribution in [0.25, 0.3) is 0 Å². The highest BCUT2D eigenvalue weighted by atomic mass is 19.4. The Kier molecular flexibility index (Phi) is 6.97. The van der Waals surface area contributed by atoms with Gasteiger partial charge in [0.15, 0.2) is 0 Å². The van der Waals surface area contributed by atoms with E-state index in [0.717, 1.165) is 6.20 Å². The fraction of sp³-hybridized carbons (Fsp3) is 0.583. The molecule has 1 aromatic heterocycles. The third kappa shape index (κ3) is 6.24. The normalized spacial score (nSPS) is 12.9. The van der Waals surface area contributed by atoms with Crippen molar-refractivity contribution in [2.75, 3.05) is 32.2 Å². The third-order valence-electron chi connectivity index (χ3n) is 2.65. The largest absolute Gasteiger partial charge is 0.481 e. The van der Waals surface area contributed by atoms with Crippen LogP contribution in [0.5, 0.6) is 0 Å². The van der Waals surface area contributed by atoms with E-state index in [-0.39, 0.29) is 26.2 Å². The average Bonchev–Trinajstić information content (AvgIpc) is 2.42. The van der Waals surface area contributed by atoms with Crippen LogP contribution in [-0.2, 0) is 20.4 Å². The summed E-state index contributed by atoms with van der Waals surface area (Å²) in [6.07, 6.45) is -4.26. The number of hydrogen-bond acceptors (Lipinski definition) is 6. The standard InChI is InChI=1S/C12H16F3N3O5/c1-22-5-7(6-23-3-2-9(19)20)17-8-4-16-18-11(21)10(8)12(13,14)15/h4,7H,2-3,5-6H2,1H3,(H,19,20)(H2,17,18,21)/t7-/m1/s1. The molecule has 1 atom stereocenters. The Morgan fingerprint density at radius 3 is 2.74 bits per heavy atom. The maximum absolute atomic E-state index is 12.9. The maximum atomic E-state index is 12.9. The Bertz CT molecular complexity index is 576. The molecule has 0 aliphatic rings. The van der Waals surface area contributed by atoms with Gasteiger partial charge in [-0.25, -0.2) is 5.10 Å². The Hall–Kier alpha value is -2.14. The van der Waals surface area contributed by atoms with Crippen molar-refractivity contribution in [3.8, 4) is 0 Å². The molecule has 8 nitrogen and oxygen atoms in total. The van der Waals surface area contributed by atoms with Crippen LogP contribution in [0.15, 0.2) is 11.0 Å². The molecular weight excluding hydrogens is 323 g/mol. The van der Waals surface area contributed by atoms with Crippen molar-refractivity contribution in [1.82, 2.24) is 10.2 Å². The first-order valence-corrected chi connectivity index (χ1v) is 6.45. The number of H-pyrrole nitrogens is 1. The first kappa shape index (κ1) is 18.9. The molecule has 1 heterocycles. The SMILES string of the molecule is COC[C@H](COCCC(=O)O)Nc1cn[nH]c(=O)c1C(F)(F)F. The molecule has 0 bridgehead atoms. The molecule has 0 saturated heterocycles. The second-order valence-electron chi connectivity index (χ2n) is 4.50. The summed E-state index contributed by atoms with van der Waals surface area (Å²) in [7, 11) is 1.34. The van der Waals surface area contributed by atoms with Crippen molar-refractivity contribution in [2.24, 2.45) is 0 Å². The van der Waals surface area contributed by atoms with Gasteiger partial charge >= 0.3 is 12.1 Å². The molecule has 1 rings (SSSR count). The lowest BCUT2D eigenvalue weighted by molar-refractivity contribution is -0.139. The lowest BCUT2D eigenvalue weighted by Crippen LogP contribution is -2.33. The number of nitrogens with zero attached hydrogens (tertiary/aromatic N) is 1.